The number of nitrogens with one attached hydrogen (secondary N) is 1. The lowest BCUT2D eigenvalue weighted by molar-refractivity contribution is -0.474. The molecule has 110 valence electrons. The molecular formula is C13H14N3O4S+. The molecule has 0 bridgehead atoms. The van der Waals surface area contributed by atoms with Crippen LogP contribution in [0.5, 0.6) is 5.75 Å². The summed E-state index contributed by atoms with van der Waals surface area (Å²) in [5.41, 5.74) is 0.512. The highest BCUT2D eigenvalue weighted by molar-refractivity contribution is 7.92. The summed E-state index contributed by atoms with van der Waals surface area (Å²) in [5, 5.41) is 0. The van der Waals surface area contributed by atoms with Crippen LogP contribution in [0.15, 0.2) is 53.4 Å². The molecule has 7 nitrogen and oxygen atoms in total. The number of hydrogen-bond donors (Lipinski definition) is 2. The predicted octanol–water partition coefficient (Wildman–Crippen LogP) is 1.78. The molecule has 0 heterocycles. The monoisotopic (exact) mass is 308 g/mol. The number of nitrogens with two attached hydrogens (primary N) is 1. The van der Waals surface area contributed by atoms with Crippen LogP contribution in [0.4, 0.5) is 11.4 Å². The van der Waals surface area contributed by atoms with Crippen molar-refractivity contribution in [3.05, 3.63) is 53.4 Å². The highest BCUT2D eigenvalue weighted by Crippen LogP contribution is 2.29. The van der Waals surface area contributed by atoms with E-state index in [0.717, 1.165) is 0 Å². The van der Waals surface area contributed by atoms with Gasteiger partial charge in [-0.3, -0.25) is 4.72 Å². The largest absolute Gasteiger partial charge is 0.495 e. The first-order chi connectivity index (χ1) is 9.94. The molecule has 0 saturated heterocycles. The van der Waals surface area contributed by atoms with Gasteiger partial charge in [0.15, 0.2) is 4.87 Å². The van der Waals surface area contributed by atoms with Gasteiger partial charge in [-0.15, -0.1) is 0 Å². The van der Waals surface area contributed by atoms with Crippen LogP contribution in [-0.4, -0.2) is 20.4 Å². The highest BCUT2D eigenvalue weighted by Gasteiger charge is 2.23. The minimum atomic E-state index is -3.83. The number of ether oxygens (including phenoxy) is 1. The Hall–Kier alpha value is -2.61. The lowest BCUT2D eigenvalue weighted by atomic mass is 10.3. The third-order valence-corrected chi connectivity index (χ3v) is 4.14. The van der Waals surface area contributed by atoms with Gasteiger partial charge in [0.25, 0.3) is 15.7 Å². The maximum absolute atomic E-state index is 12.3. The molecule has 0 unspecified atom stereocenters. The molecule has 0 aliphatic carbocycles. The van der Waals surface area contributed by atoms with Crippen LogP contribution in [0.3, 0.4) is 0 Å². The van der Waals surface area contributed by atoms with Gasteiger partial charge in [-0.2, -0.15) is 5.84 Å². The SMILES string of the molecule is COc1cc([N+](N)=O)ccc1S(=O)(=O)Nc1ccccc1. The number of hydrogen-bond acceptors (Lipinski definition) is 4. The van der Waals surface area contributed by atoms with Gasteiger partial charge in [0.2, 0.25) is 0 Å². The number of hydrazine groups is 1. The van der Waals surface area contributed by atoms with Crippen molar-refractivity contribution < 1.29 is 18.0 Å². The molecular weight excluding hydrogens is 294 g/mol. The van der Waals surface area contributed by atoms with Gasteiger partial charge < -0.3 is 4.74 Å². The third-order valence-electron chi connectivity index (χ3n) is 2.72. The minimum Gasteiger partial charge on any atom is -0.495 e. The lowest BCUT2D eigenvalue weighted by Crippen LogP contribution is -2.15. The normalized spacial score (nSPS) is 10.9. The predicted molar refractivity (Wildman–Crippen MR) is 77.7 cm³/mol. The summed E-state index contributed by atoms with van der Waals surface area (Å²) in [4.78, 5) is 11.1. The zero-order valence-corrected chi connectivity index (χ0v) is 12.0. The van der Waals surface area contributed by atoms with E-state index < -0.39 is 10.0 Å². The Morgan fingerprint density at radius 2 is 1.81 bits per heavy atom. The Labute approximate surface area is 121 Å². The first-order valence-electron chi connectivity index (χ1n) is 5.92. The number of methoxy groups -OCH3 is 1. The van der Waals surface area contributed by atoms with E-state index >= 15 is 0 Å². The molecule has 2 rings (SSSR count). The van der Waals surface area contributed by atoms with Gasteiger partial charge in [0.05, 0.1) is 18.1 Å². The fourth-order valence-corrected chi connectivity index (χ4v) is 2.94. The maximum atomic E-state index is 12.3. The number of sulfonamides is 1. The van der Waals surface area contributed by atoms with Crippen LogP contribution in [0, 0.1) is 4.91 Å². The summed E-state index contributed by atoms with van der Waals surface area (Å²) in [5.74, 6) is 5.11. The van der Waals surface area contributed by atoms with Crippen molar-refractivity contribution in [2.45, 2.75) is 4.90 Å². The average molecular weight is 308 g/mol. The van der Waals surface area contributed by atoms with Crippen LogP contribution < -0.4 is 15.3 Å². The van der Waals surface area contributed by atoms with Crippen LogP contribution in [0.1, 0.15) is 0 Å². The van der Waals surface area contributed by atoms with Gasteiger partial charge >= 0.3 is 0 Å². The number of para-hydroxylation sites is 1. The molecule has 0 amide bonds. The van der Waals surface area contributed by atoms with Crippen molar-refractivity contribution >= 4 is 21.4 Å². The van der Waals surface area contributed by atoms with Crippen molar-refractivity contribution in [2.24, 2.45) is 5.84 Å². The van der Waals surface area contributed by atoms with Crippen LogP contribution in [-0.2, 0) is 10.0 Å². The smallest absolute Gasteiger partial charge is 0.295 e. The van der Waals surface area contributed by atoms with E-state index in [4.69, 9.17) is 10.6 Å². The van der Waals surface area contributed by atoms with Gasteiger partial charge in [0, 0.05) is 11.8 Å². The standard InChI is InChI=1S/C13H14N3O4S/c1-20-12-9-11(16(14)17)7-8-13(12)21(18,19)15-10-5-3-2-4-6-10/h2-9,15H,1H3,(H2,14,17)/q+1. The lowest BCUT2D eigenvalue weighted by Gasteiger charge is -2.11. The fraction of sp³-hybridized carbons (Fsp3) is 0.0769. The number of nitroso groups, excluding NO2 is 1. The Kier molecular flexibility index (Phi) is 4.08. The topological polar surface area (TPSA) is 102 Å². The molecule has 8 heteroatoms. The summed E-state index contributed by atoms with van der Waals surface area (Å²) in [6.07, 6.45) is 0. The Bertz CT molecular complexity index is 760. The van der Waals surface area contributed by atoms with Crippen molar-refractivity contribution in [3.8, 4) is 5.75 Å². The summed E-state index contributed by atoms with van der Waals surface area (Å²) in [6, 6.07) is 12.3. The summed E-state index contributed by atoms with van der Waals surface area (Å²) in [7, 11) is -2.52. The van der Waals surface area contributed by atoms with Gasteiger partial charge in [-0.05, 0) is 18.2 Å². The van der Waals surface area contributed by atoms with Gasteiger partial charge in [-0.1, -0.05) is 18.2 Å². The van der Waals surface area contributed by atoms with E-state index in [-0.39, 0.29) is 21.2 Å². The number of nitrogens with zero attached hydrogens (tertiary/aromatic N) is 1. The number of benzene rings is 2. The van der Waals surface area contributed by atoms with Crippen LogP contribution >= 0.6 is 0 Å². The number of anilines is 1. The van der Waals surface area contributed by atoms with E-state index in [2.05, 4.69) is 4.72 Å². The minimum absolute atomic E-state index is 0.0298. The molecule has 0 aliphatic heterocycles. The second-order valence-corrected chi connectivity index (χ2v) is 5.78. The van der Waals surface area contributed by atoms with E-state index in [1.807, 2.05) is 0 Å². The molecule has 0 radical (unpaired) electrons. The summed E-state index contributed by atoms with van der Waals surface area (Å²) < 4.78 is 32.1. The molecule has 3 N–H and O–H groups in total. The quantitative estimate of drug-likeness (QED) is 0.498. The zero-order valence-electron chi connectivity index (χ0n) is 11.2. The second kappa shape index (κ2) is 5.80. The Morgan fingerprint density at radius 3 is 2.38 bits per heavy atom. The van der Waals surface area contributed by atoms with Crippen molar-refractivity contribution in [3.63, 3.8) is 0 Å². The molecule has 0 saturated carbocycles. The Morgan fingerprint density at radius 1 is 1.14 bits per heavy atom. The van der Waals surface area contributed by atoms with E-state index in [1.54, 1.807) is 30.3 Å². The first kappa shape index (κ1) is 14.8. The van der Waals surface area contributed by atoms with Crippen molar-refractivity contribution in [1.82, 2.24) is 0 Å². The maximum Gasteiger partial charge on any atom is 0.295 e. The van der Waals surface area contributed by atoms with Crippen molar-refractivity contribution in [1.29, 1.82) is 0 Å². The fourth-order valence-electron chi connectivity index (χ4n) is 1.73. The Balaban J connectivity index is 2.42. The molecule has 0 spiro atoms. The number of rotatable bonds is 5. The molecule has 0 aromatic heterocycles. The third kappa shape index (κ3) is 3.29. The summed E-state index contributed by atoms with van der Waals surface area (Å²) >= 11 is 0. The molecule has 2 aromatic rings. The second-order valence-electron chi connectivity index (χ2n) is 4.13. The zero-order chi connectivity index (χ0) is 15.5. The molecule has 0 fully saturated rings. The average Bonchev–Trinajstić information content (AvgIpc) is 2.47. The molecule has 2 aromatic carbocycles. The van der Waals surface area contributed by atoms with Crippen LogP contribution in [0.2, 0.25) is 0 Å². The molecule has 0 atom stereocenters. The van der Waals surface area contributed by atoms with E-state index in [1.165, 1.54) is 25.3 Å². The van der Waals surface area contributed by atoms with Crippen molar-refractivity contribution in [2.75, 3.05) is 11.8 Å². The van der Waals surface area contributed by atoms with Gasteiger partial charge in [-0.25, -0.2) is 8.42 Å². The molecule has 0 aliphatic rings. The van der Waals surface area contributed by atoms with E-state index in [9.17, 15) is 13.3 Å². The highest BCUT2D eigenvalue weighted by atomic mass is 32.2. The molecule has 21 heavy (non-hydrogen) atoms. The van der Waals surface area contributed by atoms with E-state index in [0.29, 0.717) is 5.69 Å². The first-order valence-corrected chi connectivity index (χ1v) is 7.40. The van der Waals surface area contributed by atoms with Crippen LogP contribution in [0.25, 0.3) is 0 Å². The summed E-state index contributed by atoms with van der Waals surface area (Å²) in [6.45, 7) is 0. The van der Waals surface area contributed by atoms with Gasteiger partial charge in [0.1, 0.15) is 10.6 Å².